The van der Waals surface area contributed by atoms with Crippen LogP contribution in [0.15, 0.2) is 6.20 Å². The molecule has 2 atom stereocenters. The lowest BCUT2D eigenvalue weighted by Crippen LogP contribution is -2.49. The van der Waals surface area contributed by atoms with Gasteiger partial charge in [0, 0.05) is 36.6 Å². The van der Waals surface area contributed by atoms with Crippen LogP contribution in [0.1, 0.15) is 43.4 Å². The van der Waals surface area contributed by atoms with Crippen LogP contribution in [0.2, 0.25) is 0 Å². The molecule has 5 heteroatoms. The lowest BCUT2D eigenvalue weighted by Gasteiger charge is -2.37. The van der Waals surface area contributed by atoms with Gasteiger partial charge in [0.25, 0.3) is 0 Å². The number of nitrogens with one attached hydrogen (secondary N) is 1. The molecule has 5 nitrogen and oxygen atoms in total. The van der Waals surface area contributed by atoms with Crippen LogP contribution in [0.4, 0.5) is 5.95 Å². The van der Waals surface area contributed by atoms with Crippen molar-refractivity contribution in [2.45, 2.75) is 63.8 Å². The first-order valence-corrected chi connectivity index (χ1v) is 8.25. The topological polar surface area (TPSA) is 50.3 Å². The van der Waals surface area contributed by atoms with Crippen molar-refractivity contribution in [3.8, 4) is 0 Å². The summed E-state index contributed by atoms with van der Waals surface area (Å²) < 4.78 is 5.87. The Morgan fingerprint density at radius 3 is 3.05 bits per heavy atom. The van der Waals surface area contributed by atoms with E-state index in [0.29, 0.717) is 12.1 Å². The second-order valence-corrected chi connectivity index (χ2v) is 6.54. The third kappa shape index (κ3) is 2.77. The first kappa shape index (κ1) is 13.5. The smallest absolute Gasteiger partial charge is 0.225 e. The lowest BCUT2D eigenvalue weighted by atomic mass is 10.1. The molecule has 0 bridgehead atoms. The Bertz CT molecular complexity index is 517. The van der Waals surface area contributed by atoms with Gasteiger partial charge in [0.1, 0.15) is 0 Å². The van der Waals surface area contributed by atoms with E-state index in [1.807, 2.05) is 6.20 Å². The van der Waals surface area contributed by atoms with Gasteiger partial charge in [-0.2, -0.15) is 0 Å². The van der Waals surface area contributed by atoms with Gasteiger partial charge in [0.15, 0.2) is 0 Å². The van der Waals surface area contributed by atoms with Crippen molar-refractivity contribution in [1.29, 1.82) is 0 Å². The number of fused-ring (bicyclic) bond motifs is 1. The minimum atomic E-state index is 0.388. The van der Waals surface area contributed by atoms with Crippen LogP contribution in [0, 0.1) is 6.92 Å². The van der Waals surface area contributed by atoms with Gasteiger partial charge in [-0.15, -0.1) is 0 Å². The SMILES string of the molecule is Cc1nc(N2CCOC3CCCC32)ncc1CNC1CC1. The van der Waals surface area contributed by atoms with Crippen LogP contribution in [-0.4, -0.2) is 41.3 Å². The molecule has 21 heavy (non-hydrogen) atoms. The van der Waals surface area contributed by atoms with Crippen LogP contribution in [0.3, 0.4) is 0 Å². The molecular formula is C16H24N4O. The predicted molar refractivity (Wildman–Crippen MR) is 81.4 cm³/mol. The van der Waals surface area contributed by atoms with E-state index in [1.165, 1.54) is 37.7 Å². The molecule has 1 aromatic rings. The molecule has 2 aliphatic carbocycles. The summed E-state index contributed by atoms with van der Waals surface area (Å²) in [5, 5.41) is 3.54. The number of morpholine rings is 1. The largest absolute Gasteiger partial charge is 0.374 e. The average Bonchev–Trinajstić information content (AvgIpc) is 3.20. The zero-order valence-corrected chi connectivity index (χ0v) is 12.7. The summed E-state index contributed by atoms with van der Waals surface area (Å²) in [7, 11) is 0. The van der Waals surface area contributed by atoms with Gasteiger partial charge in [-0.05, 0) is 39.0 Å². The third-order valence-electron chi connectivity index (χ3n) is 4.97. The van der Waals surface area contributed by atoms with E-state index in [2.05, 4.69) is 22.1 Å². The van der Waals surface area contributed by atoms with Crippen molar-refractivity contribution in [2.24, 2.45) is 0 Å². The molecule has 3 fully saturated rings. The van der Waals surface area contributed by atoms with E-state index >= 15 is 0 Å². The number of hydrogen-bond donors (Lipinski definition) is 1. The van der Waals surface area contributed by atoms with Crippen LogP contribution in [-0.2, 0) is 11.3 Å². The highest BCUT2D eigenvalue weighted by atomic mass is 16.5. The second-order valence-electron chi connectivity index (χ2n) is 6.54. The average molecular weight is 288 g/mol. The Labute approximate surface area is 126 Å². The van der Waals surface area contributed by atoms with Gasteiger partial charge in [0.05, 0.1) is 18.8 Å². The molecule has 2 unspecified atom stereocenters. The molecule has 0 aromatic carbocycles. The van der Waals surface area contributed by atoms with E-state index in [0.717, 1.165) is 37.4 Å². The fourth-order valence-electron chi connectivity index (χ4n) is 3.51. The molecule has 3 aliphatic rings. The summed E-state index contributed by atoms with van der Waals surface area (Å²) >= 11 is 0. The van der Waals surface area contributed by atoms with Gasteiger partial charge in [-0.3, -0.25) is 0 Å². The van der Waals surface area contributed by atoms with E-state index in [4.69, 9.17) is 9.72 Å². The Kier molecular flexibility index (Phi) is 3.55. The monoisotopic (exact) mass is 288 g/mol. The Morgan fingerprint density at radius 2 is 2.24 bits per heavy atom. The van der Waals surface area contributed by atoms with E-state index in [1.54, 1.807) is 0 Å². The molecule has 4 rings (SSSR count). The van der Waals surface area contributed by atoms with Gasteiger partial charge >= 0.3 is 0 Å². The van der Waals surface area contributed by atoms with Crippen LogP contribution in [0.25, 0.3) is 0 Å². The minimum Gasteiger partial charge on any atom is -0.374 e. The maximum Gasteiger partial charge on any atom is 0.225 e. The Balaban J connectivity index is 1.50. The minimum absolute atomic E-state index is 0.388. The van der Waals surface area contributed by atoms with Crippen molar-refractivity contribution < 1.29 is 4.74 Å². The number of aryl methyl sites for hydroxylation is 1. The first-order chi connectivity index (χ1) is 10.3. The molecule has 0 spiro atoms. The quantitative estimate of drug-likeness (QED) is 0.915. The number of aromatic nitrogens is 2. The summed E-state index contributed by atoms with van der Waals surface area (Å²) in [5.41, 5.74) is 2.33. The standard InChI is InChI=1S/C16H24N4O/c1-11-12(9-17-13-5-6-13)10-18-16(19-11)20-7-8-21-15-4-2-3-14(15)20/h10,13-15,17H,2-9H2,1H3. The van der Waals surface area contributed by atoms with Crippen LogP contribution < -0.4 is 10.2 Å². The number of anilines is 1. The summed E-state index contributed by atoms with van der Waals surface area (Å²) in [6.07, 6.45) is 8.67. The van der Waals surface area contributed by atoms with Gasteiger partial charge in [0.2, 0.25) is 5.95 Å². The van der Waals surface area contributed by atoms with Gasteiger partial charge in [-0.25, -0.2) is 9.97 Å². The predicted octanol–water partition coefficient (Wildman–Crippen LogP) is 1.79. The highest BCUT2D eigenvalue weighted by molar-refractivity contribution is 5.36. The summed E-state index contributed by atoms with van der Waals surface area (Å²) in [5.74, 6) is 0.892. The van der Waals surface area contributed by atoms with Gasteiger partial charge < -0.3 is 15.0 Å². The highest BCUT2D eigenvalue weighted by Crippen LogP contribution is 2.31. The fraction of sp³-hybridized carbons (Fsp3) is 0.750. The molecule has 0 amide bonds. The number of hydrogen-bond acceptors (Lipinski definition) is 5. The normalized spacial score (nSPS) is 28.7. The molecule has 114 valence electrons. The molecule has 1 N–H and O–H groups in total. The summed E-state index contributed by atoms with van der Waals surface area (Å²) in [6.45, 7) is 4.71. The molecule has 1 aromatic heterocycles. The van der Waals surface area contributed by atoms with E-state index < -0.39 is 0 Å². The van der Waals surface area contributed by atoms with Crippen molar-refractivity contribution in [3.05, 3.63) is 17.5 Å². The van der Waals surface area contributed by atoms with Gasteiger partial charge in [-0.1, -0.05) is 0 Å². The van der Waals surface area contributed by atoms with Crippen molar-refractivity contribution >= 4 is 5.95 Å². The number of ether oxygens (including phenoxy) is 1. The van der Waals surface area contributed by atoms with Crippen molar-refractivity contribution in [3.63, 3.8) is 0 Å². The third-order valence-corrected chi connectivity index (χ3v) is 4.97. The number of rotatable bonds is 4. The highest BCUT2D eigenvalue weighted by Gasteiger charge is 2.37. The van der Waals surface area contributed by atoms with Crippen molar-refractivity contribution in [1.82, 2.24) is 15.3 Å². The number of nitrogens with zero attached hydrogens (tertiary/aromatic N) is 3. The van der Waals surface area contributed by atoms with E-state index in [-0.39, 0.29) is 0 Å². The van der Waals surface area contributed by atoms with Crippen LogP contribution in [0.5, 0.6) is 0 Å². The van der Waals surface area contributed by atoms with Crippen molar-refractivity contribution in [2.75, 3.05) is 18.1 Å². The maximum atomic E-state index is 5.87. The molecule has 2 saturated carbocycles. The molecule has 1 saturated heterocycles. The molecule has 0 radical (unpaired) electrons. The molecular weight excluding hydrogens is 264 g/mol. The zero-order valence-electron chi connectivity index (χ0n) is 12.7. The van der Waals surface area contributed by atoms with E-state index in [9.17, 15) is 0 Å². The Hall–Kier alpha value is -1.20. The lowest BCUT2D eigenvalue weighted by molar-refractivity contribution is 0.0249. The fourth-order valence-corrected chi connectivity index (χ4v) is 3.51. The summed E-state index contributed by atoms with van der Waals surface area (Å²) in [4.78, 5) is 11.8. The zero-order chi connectivity index (χ0) is 14.2. The van der Waals surface area contributed by atoms with Crippen LogP contribution >= 0.6 is 0 Å². The molecule has 1 aliphatic heterocycles. The second kappa shape index (κ2) is 5.54. The maximum absolute atomic E-state index is 5.87. The molecule has 2 heterocycles. The first-order valence-electron chi connectivity index (χ1n) is 8.25. The Morgan fingerprint density at radius 1 is 1.33 bits per heavy atom. The summed E-state index contributed by atoms with van der Waals surface area (Å²) in [6, 6.07) is 1.20.